The van der Waals surface area contributed by atoms with Crippen LogP contribution < -0.4 is 0 Å². The van der Waals surface area contributed by atoms with Crippen molar-refractivity contribution in [1.82, 2.24) is 18.3 Å². The molecule has 2 heterocycles. The fourth-order valence-corrected chi connectivity index (χ4v) is 18.4. The summed E-state index contributed by atoms with van der Waals surface area (Å²) in [6.45, 7) is 33.8. The molecule has 0 saturated carbocycles. The molecule has 152 valence electrons. The lowest BCUT2D eigenvalue weighted by Gasteiger charge is -2.63. The van der Waals surface area contributed by atoms with Crippen LogP contribution in [0.4, 0.5) is 0 Å². The molecule has 0 aromatic carbocycles. The van der Waals surface area contributed by atoms with Gasteiger partial charge in [-0.1, -0.05) is 0 Å². The molecule has 0 bridgehead atoms. The minimum absolute atomic E-state index is 0.195. The zero-order valence-corrected chi connectivity index (χ0v) is 21.6. The Kier molecular flexibility index (Phi) is 5.78. The first-order chi connectivity index (χ1) is 11.4. The molecule has 0 atom stereocenters. The minimum Gasteiger partial charge on any atom is -0.318 e. The number of hydrogen-bond acceptors (Lipinski definition) is 4. The highest BCUT2D eigenvalue weighted by atomic mass is 29.2. The van der Waals surface area contributed by atoms with Gasteiger partial charge in [0.15, 0.2) is 9.20 Å². The minimum atomic E-state index is -2.03. The fraction of sp³-hybridized carbons (Fsp3) is 1.00. The topological polar surface area (TPSA) is 13.0 Å². The second kappa shape index (κ2) is 6.66. The van der Waals surface area contributed by atoms with Crippen LogP contribution in [0.2, 0.25) is 0 Å². The van der Waals surface area contributed by atoms with Crippen molar-refractivity contribution in [3.05, 3.63) is 0 Å². The van der Waals surface area contributed by atoms with Gasteiger partial charge >= 0.3 is 0 Å². The summed E-state index contributed by atoms with van der Waals surface area (Å²) in [7, 11) is -1.15. The summed E-state index contributed by atoms with van der Waals surface area (Å²) in [6.07, 6.45) is 0. The summed E-state index contributed by atoms with van der Waals surface area (Å²) >= 11 is 0. The summed E-state index contributed by atoms with van der Waals surface area (Å²) in [6, 6.07) is 0. The van der Waals surface area contributed by atoms with E-state index in [0.717, 1.165) is 9.20 Å². The van der Waals surface area contributed by atoms with Crippen LogP contribution in [-0.2, 0) is 0 Å². The first-order valence-corrected chi connectivity index (χ1v) is 14.1. The normalized spacial score (nSPS) is 25.4. The van der Waals surface area contributed by atoms with E-state index in [4.69, 9.17) is 0 Å². The maximum Gasteiger partial charge on any atom is 0.286 e. The van der Waals surface area contributed by atoms with Gasteiger partial charge in [0.2, 0.25) is 0 Å². The van der Waals surface area contributed by atoms with Gasteiger partial charge in [0, 0.05) is 48.3 Å². The van der Waals surface area contributed by atoms with E-state index in [1.165, 1.54) is 26.2 Å². The molecule has 2 saturated heterocycles. The third kappa shape index (κ3) is 4.01. The molecular weight excluding hydrogens is 352 g/mol. The highest BCUT2D eigenvalue weighted by molar-refractivity contribution is 7.19. The Morgan fingerprint density at radius 1 is 0.500 bits per heavy atom. The number of nitrogens with zero attached hydrogens (tertiary/aromatic N) is 4. The van der Waals surface area contributed by atoms with Crippen molar-refractivity contribution in [3.63, 3.8) is 0 Å². The van der Waals surface area contributed by atoms with E-state index in [9.17, 15) is 0 Å². The van der Waals surface area contributed by atoms with Gasteiger partial charge in [0.05, 0.1) is 0 Å². The van der Waals surface area contributed by atoms with Crippen LogP contribution >= 0.6 is 0 Å². The molecule has 2 aliphatic rings. The first-order valence-electron chi connectivity index (χ1n) is 10.3. The van der Waals surface area contributed by atoms with E-state index in [1.54, 1.807) is 0 Å². The van der Waals surface area contributed by atoms with Gasteiger partial charge in [-0.2, -0.15) is 0 Å². The second-order valence-electron chi connectivity index (χ2n) is 12.0. The summed E-state index contributed by atoms with van der Waals surface area (Å²) in [5.74, 6) is 0. The summed E-state index contributed by atoms with van der Waals surface area (Å²) in [5, 5.41) is 0. The number of hydrogen-bond donors (Lipinski definition) is 0. The molecule has 0 N–H and O–H groups in total. The largest absolute Gasteiger partial charge is 0.318 e. The van der Waals surface area contributed by atoms with Gasteiger partial charge in [-0.05, 0) is 83.1 Å². The smallest absolute Gasteiger partial charge is 0.286 e. The average molecular weight is 397 g/mol. The Labute approximate surface area is 167 Å². The zero-order valence-electron chi connectivity index (χ0n) is 19.6. The van der Waals surface area contributed by atoms with Crippen LogP contribution in [0.5, 0.6) is 0 Å². The molecule has 6 heteroatoms. The van der Waals surface area contributed by atoms with Gasteiger partial charge < -0.3 is 4.57 Å². The third-order valence-electron chi connectivity index (χ3n) is 5.75. The summed E-state index contributed by atoms with van der Waals surface area (Å²) in [5.41, 5.74) is 0.825. The van der Waals surface area contributed by atoms with Gasteiger partial charge in [-0.3, -0.25) is 13.7 Å². The molecule has 2 fully saturated rings. The molecule has 0 amide bonds. The van der Waals surface area contributed by atoms with Crippen LogP contribution in [0, 0.1) is 0 Å². The molecule has 2 aliphatic heterocycles. The average Bonchev–Trinajstić information content (AvgIpc) is 2.75. The lowest BCUT2D eigenvalue weighted by Crippen LogP contribution is -2.87. The Morgan fingerprint density at radius 2 is 0.808 bits per heavy atom. The lowest BCUT2D eigenvalue weighted by molar-refractivity contribution is 0.120. The Bertz CT molecular complexity index is 486. The van der Waals surface area contributed by atoms with E-state index >= 15 is 0 Å². The zero-order chi connectivity index (χ0) is 20.3. The Hall–Kier alpha value is 0.274. The summed E-state index contributed by atoms with van der Waals surface area (Å²) in [4.78, 5) is 0. The fourth-order valence-electron chi connectivity index (χ4n) is 4.64. The highest BCUT2D eigenvalue weighted by Gasteiger charge is 2.65. The van der Waals surface area contributed by atoms with E-state index in [0.29, 0.717) is 0 Å². The Balaban J connectivity index is 2.67. The maximum absolute atomic E-state index is 2.95. The standard InChI is InChI=1S/C20H44N4Si2/c1-17(2,3)21-13-14-22(18(4,5)6)26(25-21)23(19(7,8)9)15-16-24(26)20(10,11)12/h13-16H2,1-12H3. The lowest BCUT2D eigenvalue weighted by atomic mass is 10.1. The van der Waals surface area contributed by atoms with Crippen LogP contribution in [0.1, 0.15) is 83.1 Å². The Morgan fingerprint density at radius 3 is 1.08 bits per heavy atom. The van der Waals surface area contributed by atoms with E-state index < -0.39 is 8.08 Å². The van der Waals surface area contributed by atoms with Gasteiger partial charge in [0.25, 0.3) is 8.08 Å². The van der Waals surface area contributed by atoms with Crippen molar-refractivity contribution in [2.75, 3.05) is 26.2 Å². The monoisotopic (exact) mass is 396 g/mol. The van der Waals surface area contributed by atoms with Crippen molar-refractivity contribution in [2.45, 2.75) is 105 Å². The van der Waals surface area contributed by atoms with Gasteiger partial charge in [0.1, 0.15) is 0 Å². The van der Waals surface area contributed by atoms with Crippen LogP contribution in [0.15, 0.2) is 0 Å². The molecule has 0 aromatic rings. The highest BCUT2D eigenvalue weighted by Crippen LogP contribution is 2.41. The predicted molar refractivity (Wildman–Crippen MR) is 117 cm³/mol. The molecule has 1 spiro atoms. The molecule has 4 nitrogen and oxygen atoms in total. The molecule has 0 aliphatic carbocycles. The van der Waals surface area contributed by atoms with E-state index in [2.05, 4.69) is 101 Å². The number of rotatable bonds is 0. The molecule has 26 heavy (non-hydrogen) atoms. The maximum atomic E-state index is 2.95. The van der Waals surface area contributed by atoms with Crippen molar-refractivity contribution in [2.24, 2.45) is 0 Å². The molecule has 0 unspecified atom stereocenters. The van der Waals surface area contributed by atoms with Crippen molar-refractivity contribution in [1.29, 1.82) is 0 Å². The van der Waals surface area contributed by atoms with Crippen molar-refractivity contribution < 1.29 is 0 Å². The van der Waals surface area contributed by atoms with E-state index in [-0.39, 0.29) is 22.2 Å². The molecule has 2 rings (SSSR count). The molecule has 2 radical (unpaired) electrons. The quantitative estimate of drug-likeness (QED) is 0.581. The van der Waals surface area contributed by atoms with Crippen LogP contribution in [0.25, 0.3) is 0 Å². The summed E-state index contributed by atoms with van der Waals surface area (Å²) < 4.78 is 11.6. The van der Waals surface area contributed by atoms with Crippen LogP contribution in [0.3, 0.4) is 0 Å². The van der Waals surface area contributed by atoms with Crippen LogP contribution in [-0.4, -0.2) is 83.9 Å². The van der Waals surface area contributed by atoms with Crippen molar-refractivity contribution >= 4 is 17.3 Å². The SMILES string of the molecule is CC(C)(C)N1CCN(C(C)(C)C)[Si]2([Si]1)N(C(C)(C)C)CCN2C(C)(C)C. The van der Waals surface area contributed by atoms with Crippen molar-refractivity contribution in [3.8, 4) is 0 Å². The molecular formula is C20H44N4Si2. The third-order valence-corrected chi connectivity index (χ3v) is 16.3. The first kappa shape index (κ1) is 22.6. The van der Waals surface area contributed by atoms with Gasteiger partial charge in [-0.15, -0.1) is 0 Å². The predicted octanol–water partition coefficient (Wildman–Crippen LogP) is 3.47. The second-order valence-corrected chi connectivity index (χ2v) is 18.4. The van der Waals surface area contributed by atoms with Gasteiger partial charge in [-0.25, -0.2) is 0 Å². The molecule has 0 aromatic heterocycles. The van der Waals surface area contributed by atoms with E-state index in [1.807, 2.05) is 0 Å².